The highest BCUT2D eigenvalue weighted by Crippen LogP contribution is 2.28. The van der Waals surface area contributed by atoms with E-state index in [1.165, 1.54) is 6.07 Å². The minimum absolute atomic E-state index is 0.0294. The summed E-state index contributed by atoms with van der Waals surface area (Å²) in [5, 5.41) is 0. The number of carbonyl (C=O) groups is 1. The zero-order valence-electron chi connectivity index (χ0n) is 13.4. The van der Waals surface area contributed by atoms with E-state index in [0.717, 1.165) is 5.56 Å². The Kier molecular flexibility index (Phi) is 4.18. The van der Waals surface area contributed by atoms with Gasteiger partial charge in [0.2, 0.25) is 0 Å². The van der Waals surface area contributed by atoms with Crippen LogP contribution in [0.5, 0.6) is 0 Å². The van der Waals surface area contributed by atoms with Gasteiger partial charge in [-0.15, -0.1) is 0 Å². The van der Waals surface area contributed by atoms with E-state index in [9.17, 15) is 9.18 Å². The van der Waals surface area contributed by atoms with Crippen LogP contribution in [0, 0.1) is 11.2 Å². The van der Waals surface area contributed by atoms with Gasteiger partial charge in [0.15, 0.2) is 0 Å². The van der Waals surface area contributed by atoms with Gasteiger partial charge in [-0.2, -0.15) is 0 Å². The van der Waals surface area contributed by atoms with Crippen LogP contribution in [0.15, 0.2) is 48.5 Å². The smallest absolute Gasteiger partial charge is 0.253 e. The molecule has 1 aliphatic rings. The number of amides is 1. The van der Waals surface area contributed by atoms with Gasteiger partial charge in [0.1, 0.15) is 5.82 Å². The largest absolute Gasteiger partial charge is 0.380 e. The third kappa shape index (κ3) is 3.27. The van der Waals surface area contributed by atoms with E-state index in [2.05, 4.69) is 6.92 Å². The Morgan fingerprint density at radius 3 is 2.39 bits per heavy atom. The Balaban J connectivity index is 1.74. The van der Waals surface area contributed by atoms with Crippen LogP contribution in [0.1, 0.15) is 17.3 Å². The molecule has 0 bridgehead atoms. The first-order chi connectivity index (χ1) is 11.0. The first-order valence-electron chi connectivity index (χ1n) is 7.67. The minimum atomic E-state index is -0.262. The quantitative estimate of drug-likeness (QED) is 0.863. The predicted molar refractivity (Wildman–Crippen MR) is 87.7 cm³/mol. The molecule has 2 aromatic rings. The molecule has 2 aromatic carbocycles. The van der Waals surface area contributed by atoms with Crippen LogP contribution in [0.4, 0.5) is 4.39 Å². The normalized spacial score (nSPS) is 15.8. The third-order valence-corrected chi connectivity index (χ3v) is 4.18. The van der Waals surface area contributed by atoms with Gasteiger partial charge in [-0.25, -0.2) is 4.39 Å². The fourth-order valence-corrected chi connectivity index (χ4v) is 2.89. The van der Waals surface area contributed by atoms with Gasteiger partial charge in [-0.05, 0) is 23.8 Å². The molecule has 23 heavy (non-hydrogen) atoms. The molecule has 0 aromatic heterocycles. The van der Waals surface area contributed by atoms with Crippen LogP contribution >= 0.6 is 0 Å². The van der Waals surface area contributed by atoms with Crippen LogP contribution in [-0.2, 0) is 4.74 Å². The maximum atomic E-state index is 13.8. The lowest BCUT2D eigenvalue weighted by molar-refractivity contribution is -0.109. The number of hydrogen-bond acceptors (Lipinski definition) is 2. The van der Waals surface area contributed by atoms with E-state index in [-0.39, 0.29) is 17.1 Å². The van der Waals surface area contributed by atoms with Gasteiger partial charge in [-0.3, -0.25) is 4.79 Å². The molecule has 0 unspecified atom stereocenters. The topological polar surface area (TPSA) is 29.5 Å². The maximum Gasteiger partial charge on any atom is 0.253 e. The van der Waals surface area contributed by atoms with Crippen molar-refractivity contribution >= 4 is 5.91 Å². The summed E-state index contributed by atoms with van der Waals surface area (Å²) in [5.74, 6) is -0.292. The maximum absolute atomic E-state index is 13.8. The minimum Gasteiger partial charge on any atom is -0.380 e. The molecule has 1 aliphatic heterocycles. The first kappa shape index (κ1) is 15.7. The lowest BCUT2D eigenvalue weighted by Crippen LogP contribution is -2.49. The second-order valence-corrected chi connectivity index (χ2v) is 6.52. The SMILES string of the molecule is CN(CC1(C)COC1)C(=O)c1ccc(-c2ccccc2F)cc1. The number of nitrogens with zero attached hydrogens (tertiary/aromatic N) is 1. The first-order valence-corrected chi connectivity index (χ1v) is 7.67. The summed E-state index contributed by atoms with van der Waals surface area (Å²) in [6.07, 6.45) is 0. The summed E-state index contributed by atoms with van der Waals surface area (Å²) in [6, 6.07) is 13.7. The summed E-state index contributed by atoms with van der Waals surface area (Å²) in [4.78, 5) is 14.2. The molecule has 1 fully saturated rings. The lowest BCUT2D eigenvalue weighted by atomic mass is 9.88. The summed E-state index contributed by atoms with van der Waals surface area (Å²) in [7, 11) is 1.80. The Morgan fingerprint density at radius 1 is 1.17 bits per heavy atom. The molecule has 0 N–H and O–H groups in total. The van der Waals surface area contributed by atoms with Crippen LogP contribution in [0.2, 0.25) is 0 Å². The Labute approximate surface area is 135 Å². The van der Waals surface area contributed by atoms with Crippen molar-refractivity contribution in [3.63, 3.8) is 0 Å². The van der Waals surface area contributed by atoms with Crippen LogP contribution in [0.3, 0.4) is 0 Å². The second kappa shape index (κ2) is 6.13. The lowest BCUT2D eigenvalue weighted by Gasteiger charge is -2.40. The standard InChI is InChI=1S/C19H20FNO2/c1-19(12-23-13-19)11-21(2)18(22)15-9-7-14(8-10-15)16-5-3-4-6-17(16)20/h3-10H,11-13H2,1-2H3. The zero-order chi connectivity index (χ0) is 16.4. The average molecular weight is 313 g/mol. The molecule has 0 saturated carbocycles. The van der Waals surface area contributed by atoms with Gasteiger partial charge >= 0.3 is 0 Å². The van der Waals surface area contributed by atoms with E-state index in [1.807, 2.05) is 0 Å². The number of carbonyl (C=O) groups excluding carboxylic acids is 1. The second-order valence-electron chi connectivity index (χ2n) is 6.52. The van der Waals surface area contributed by atoms with Crippen molar-refractivity contribution in [3.05, 3.63) is 59.9 Å². The number of hydrogen-bond donors (Lipinski definition) is 0. The molecule has 3 nitrogen and oxygen atoms in total. The van der Waals surface area contributed by atoms with Crippen molar-refractivity contribution in [3.8, 4) is 11.1 Å². The van der Waals surface area contributed by atoms with Crippen LogP contribution < -0.4 is 0 Å². The number of rotatable bonds is 4. The Morgan fingerprint density at radius 2 is 1.83 bits per heavy atom. The molecule has 1 saturated heterocycles. The highest BCUT2D eigenvalue weighted by atomic mass is 19.1. The van der Waals surface area contributed by atoms with Crippen molar-refractivity contribution < 1.29 is 13.9 Å². The van der Waals surface area contributed by atoms with Crippen molar-refractivity contribution in [2.24, 2.45) is 5.41 Å². The molecular weight excluding hydrogens is 293 g/mol. The van der Waals surface area contributed by atoms with Crippen molar-refractivity contribution in [2.45, 2.75) is 6.92 Å². The number of halogens is 1. The van der Waals surface area contributed by atoms with Crippen LogP contribution in [-0.4, -0.2) is 37.6 Å². The molecule has 0 aliphatic carbocycles. The zero-order valence-corrected chi connectivity index (χ0v) is 13.4. The molecule has 3 rings (SSSR count). The molecule has 1 amide bonds. The van der Waals surface area contributed by atoms with Gasteiger partial charge in [0.25, 0.3) is 5.91 Å². The Bertz CT molecular complexity index is 708. The van der Waals surface area contributed by atoms with Gasteiger partial charge < -0.3 is 9.64 Å². The summed E-state index contributed by atoms with van der Waals surface area (Å²) >= 11 is 0. The summed E-state index contributed by atoms with van der Waals surface area (Å²) in [5.41, 5.74) is 1.97. The molecule has 0 radical (unpaired) electrons. The molecule has 1 heterocycles. The third-order valence-electron chi connectivity index (χ3n) is 4.18. The average Bonchev–Trinajstić information content (AvgIpc) is 2.53. The molecular formula is C19H20FNO2. The number of ether oxygens (including phenoxy) is 1. The predicted octanol–water partition coefficient (Wildman–Crippen LogP) is 3.60. The summed E-state index contributed by atoms with van der Waals surface area (Å²) < 4.78 is 19.0. The van der Waals surface area contributed by atoms with Gasteiger partial charge in [-0.1, -0.05) is 37.3 Å². The monoisotopic (exact) mass is 313 g/mol. The van der Waals surface area contributed by atoms with Crippen molar-refractivity contribution in [1.82, 2.24) is 4.90 Å². The van der Waals surface area contributed by atoms with E-state index >= 15 is 0 Å². The van der Waals surface area contributed by atoms with E-state index in [4.69, 9.17) is 4.74 Å². The highest BCUT2D eigenvalue weighted by molar-refractivity contribution is 5.94. The van der Waals surface area contributed by atoms with E-state index in [1.54, 1.807) is 54.4 Å². The molecule has 4 heteroatoms. The van der Waals surface area contributed by atoms with Gasteiger partial charge in [0.05, 0.1) is 13.2 Å². The number of benzene rings is 2. The fraction of sp³-hybridized carbons (Fsp3) is 0.316. The molecule has 0 spiro atoms. The van der Waals surface area contributed by atoms with Gasteiger partial charge in [0, 0.05) is 30.1 Å². The van der Waals surface area contributed by atoms with E-state index in [0.29, 0.717) is 30.9 Å². The van der Waals surface area contributed by atoms with Crippen molar-refractivity contribution in [1.29, 1.82) is 0 Å². The Hall–Kier alpha value is -2.20. The highest BCUT2D eigenvalue weighted by Gasteiger charge is 2.35. The molecule has 120 valence electrons. The van der Waals surface area contributed by atoms with Crippen LogP contribution in [0.25, 0.3) is 11.1 Å². The van der Waals surface area contributed by atoms with Crippen molar-refractivity contribution in [2.75, 3.05) is 26.8 Å². The van der Waals surface area contributed by atoms with E-state index < -0.39 is 0 Å². The molecule has 0 atom stereocenters. The summed E-state index contributed by atoms with van der Waals surface area (Å²) in [6.45, 7) is 4.16. The fourth-order valence-electron chi connectivity index (χ4n) is 2.89.